The molecule has 1 amide bonds. The minimum atomic E-state index is -0.284. The van der Waals surface area contributed by atoms with Crippen molar-refractivity contribution in [1.29, 1.82) is 0 Å². The first kappa shape index (κ1) is 9.52. The van der Waals surface area contributed by atoms with E-state index in [2.05, 4.69) is 33.0 Å². The molecule has 0 bridgehead atoms. The normalized spacial score (nSPS) is 25.3. The minimum Gasteiger partial charge on any atom is -0.369 e. The molecular weight excluding hydrogens is 152 g/mol. The highest BCUT2D eigenvalue weighted by Gasteiger charge is 2.64. The molecule has 0 aromatic carbocycles. The SMILES string of the molecule is CC1(C)C(NCC(N)=O)C1(C)C. The Hall–Kier alpha value is -0.570. The topological polar surface area (TPSA) is 55.1 Å². The van der Waals surface area contributed by atoms with E-state index in [4.69, 9.17) is 5.73 Å². The number of hydrogen-bond donors (Lipinski definition) is 2. The molecule has 0 aromatic heterocycles. The summed E-state index contributed by atoms with van der Waals surface area (Å²) in [5, 5.41) is 3.16. The van der Waals surface area contributed by atoms with Crippen LogP contribution in [-0.2, 0) is 4.79 Å². The predicted molar refractivity (Wildman–Crippen MR) is 48.5 cm³/mol. The summed E-state index contributed by atoms with van der Waals surface area (Å²) in [5.41, 5.74) is 5.60. The maximum Gasteiger partial charge on any atom is 0.231 e. The van der Waals surface area contributed by atoms with E-state index < -0.39 is 0 Å². The summed E-state index contributed by atoms with van der Waals surface area (Å²) in [5.74, 6) is -0.284. The van der Waals surface area contributed by atoms with Crippen molar-refractivity contribution in [2.45, 2.75) is 33.7 Å². The lowest BCUT2D eigenvalue weighted by Crippen LogP contribution is -2.32. The maximum absolute atomic E-state index is 10.5. The number of nitrogens with two attached hydrogens (primary N) is 1. The van der Waals surface area contributed by atoms with Crippen molar-refractivity contribution in [2.75, 3.05) is 6.54 Å². The maximum atomic E-state index is 10.5. The molecule has 0 aromatic rings. The molecule has 0 unspecified atom stereocenters. The van der Waals surface area contributed by atoms with Gasteiger partial charge < -0.3 is 11.1 Å². The largest absolute Gasteiger partial charge is 0.369 e. The molecule has 0 spiro atoms. The van der Waals surface area contributed by atoms with Crippen molar-refractivity contribution < 1.29 is 4.79 Å². The Balaban J connectivity index is 2.44. The van der Waals surface area contributed by atoms with E-state index in [9.17, 15) is 4.79 Å². The van der Waals surface area contributed by atoms with E-state index in [0.717, 1.165) is 0 Å². The lowest BCUT2D eigenvalue weighted by Gasteiger charge is -2.03. The third kappa shape index (κ3) is 1.22. The van der Waals surface area contributed by atoms with Crippen LogP contribution < -0.4 is 11.1 Å². The molecule has 0 saturated heterocycles. The number of nitrogens with one attached hydrogen (secondary N) is 1. The van der Waals surface area contributed by atoms with E-state index >= 15 is 0 Å². The second-order valence-electron chi connectivity index (χ2n) is 4.72. The van der Waals surface area contributed by atoms with E-state index in [1.807, 2.05) is 0 Å². The summed E-state index contributed by atoms with van der Waals surface area (Å²) in [4.78, 5) is 10.5. The third-order valence-corrected chi connectivity index (χ3v) is 3.50. The van der Waals surface area contributed by atoms with Crippen molar-refractivity contribution in [3.63, 3.8) is 0 Å². The Bertz CT molecular complexity index is 195. The molecule has 1 fully saturated rings. The van der Waals surface area contributed by atoms with Gasteiger partial charge in [-0.25, -0.2) is 0 Å². The zero-order valence-corrected chi connectivity index (χ0v) is 8.27. The number of amides is 1. The molecule has 1 aliphatic rings. The van der Waals surface area contributed by atoms with Gasteiger partial charge in [0.25, 0.3) is 0 Å². The molecule has 3 N–H and O–H groups in total. The quantitative estimate of drug-likeness (QED) is 0.648. The first-order valence-electron chi connectivity index (χ1n) is 4.32. The molecule has 3 heteroatoms. The van der Waals surface area contributed by atoms with Crippen LogP contribution in [0.1, 0.15) is 27.7 Å². The molecule has 3 nitrogen and oxygen atoms in total. The Morgan fingerprint density at radius 2 is 1.75 bits per heavy atom. The van der Waals surface area contributed by atoms with Crippen LogP contribution >= 0.6 is 0 Å². The molecular formula is C9H18N2O. The van der Waals surface area contributed by atoms with Gasteiger partial charge in [0.15, 0.2) is 0 Å². The van der Waals surface area contributed by atoms with Crippen molar-refractivity contribution in [1.82, 2.24) is 5.32 Å². The van der Waals surface area contributed by atoms with Crippen LogP contribution in [0.2, 0.25) is 0 Å². The fraction of sp³-hybridized carbons (Fsp3) is 0.889. The van der Waals surface area contributed by atoms with Crippen molar-refractivity contribution in [2.24, 2.45) is 16.6 Å². The van der Waals surface area contributed by atoms with Gasteiger partial charge in [-0.2, -0.15) is 0 Å². The summed E-state index contributed by atoms with van der Waals surface area (Å²) in [7, 11) is 0. The molecule has 0 atom stereocenters. The summed E-state index contributed by atoms with van der Waals surface area (Å²) in [6.45, 7) is 9.09. The van der Waals surface area contributed by atoms with Crippen molar-refractivity contribution in [3.05, 3.63) is 0 Å². The van der Waals surface area contributed by atoms with E-state index in [1.54, 1.807) is 0 Å². The van der Waals surface area contributed by atoms with Gasteiger partial charge in [0.05, 0.1) is 6.54 Å². The second-order valence-corrected chi connectivity index (χ2v) is 4.72. The van der Waals surface area contributed by atoms with Crippen LogP contribution in [0.25, 0.3) is 0 Å². The van der Waals surface area contributed by atoms with Gasteiger partial charge >= 0.3 is 0 Å². The molecule has 12 heavy (non-hydrogen) atoms. The molecule has 1 aliphatic carbocycles. The van der Waals surface area contributed by atoms with Gasteiger partial charge in [-0.1, -0.05) is 27.7 Å². The average molecular weight is 170 g/mol. The van der Waals surface area contributed by atoms with Crippen LogP contribution in [0.5, 0.6) is 0 Å². The number of carbonyl (C=O) groups excluding carboxylic acids is 1. The monoisotopic (exact) mass is 170 g/mol. The van der Waals surface area contributed by atoms with Crippen LogP contribution in [0, 0.1) is 10.8 Å². The highest BCUT2D eigenvalue weighted by atomic mass is 16.1. The summed E-state index contributed by atoms with van der Waals surface area (Å²) >= 11 is 0. The van der Waals surface area contributed by atoms with Gasteiger partial charge in [0.1, 0.15) is 0 Å². The van der Waals surface area contributed by atoms with Gasteiger partial charge in [0, 0.05) is 6.04 Å². The minimum absolute atomic E-state index is 0.280. The lowest BCUT2D eigenvalue weighted by atomic mass is 10.0. The summed E-state index contributed by atoms with van der Waals surface area (Å²) < 4.78 is 0. The Labute approximate surface area is 73.7 Å². The van der Waals surface area contributed by atoms with Crippen LogP contribution in [0.15, 0.2) is 0 Å². The smallest absolute Gasteiger partial charge is 0.231 e. The zero-order valence-electron chi connectivity index (χ0n) is 8.27. The summed E-state index contributed by atoms with van der Waals surface area (Å²) in [6.07, 6.45) is 0. The number of primary amides is 1. The predicted octanol–water partition coefficient (Wildman–Crippen LogP) is 0.496. The standard InChI is InChI=1S/C9H18N2O/c1-8(2)7(9(8,3)4)11-5-6(10)12/h7,11H,5H2,1-4H3,(H2,10,12). The van der Waals surface area contributed by atoms with Crippen LogP contribution in [0.4, 0.5) is 0 Å². The molecule has 1 saturated carbocycles. The van der Waals surface area contributed by atoms with E-state index in [0.29, 0.717) is 6.04 Å². The molecule has 0 radical (unpaired) electrons. The Morgan fingerprint density at radius 3 is 2.00 bits per heavy atom. The number of carbonyl (C=O) groups is 1. The summed E-state index contributed by atoms with van der Waals surface area (Å²) in [6, 6.07) is 0.414. The van der Waals surface area contributed by atoms with E-state index in [1.165, 1.54) is 0 Å². The number of hydrogen-bond acceptors (Lipinski definition) is 2. The molecule has 1 rings (SSSR count). The molecule has 70 valence electrons. The Morgan fingerprint density at radius 1 is 1.33 bits per heavy atom. The zero-order chi connectivity index (χ0) is 9.57. The lowest BCUT2D eigenvalue weighted by molar-refractivity contribution is -0.117. The second kappa shape index (κ2) is 2.46. The Kier molecular flexibility index (Phi) is 1.95. The van der Waals surface area contributed by atoms with Crippen LogP contribution in [0.3, 0.4) is 0 Å². The van der Waals surface area contributed by atoms with Crippen molar-refractivity contribution >= 4 is 5.91 Å². The van der Waals surface area contributed by atoms with Crippen LogP contribution in [-0.4, -0.2) is 18.5 Å². The fourth-order valence-corrected chi connectivity index (χ4v) is 1.91. The first-order valence-corrected chi connectivity index (χ1v) is 4.32. The molecule has 0 heterocycles. The first-order chi connectivity index (χ1) is 5.30. The number of rotatable bonds is 3. The van der Waals surface area contributed by atoms with Gasteiger partial charge in [0.2, 0.25) is 5.91 Å². The highest BCUT2D eigenvalue weighted by molar-refractivity contribution is 5.76. The fourth-order valence-electron chi connectivity index (χ4n) is 1.91. The van der Waals surface area contributed by atoms with Gasteiger partial charge in [-0.3, -0.25) is 4.79 Å². The third-order valence-electron chi connectivity index (χ3n) is 3.50. The average Bonchev–Trinajstić information content (AvgIpc) is 2.21. The van der Waals surface area contributed by atoms with Gasteiger partial charge in [-0.15, -0.1) is 0 Å². The molecule has 0 aliphatic heterocycles. The van der Waals surface area contributed by atoms with E-state index in [-0.39, 0.29) is 23.3 Å². The highest BCUT2D eigenvalue weighted by Crippen LogP contribution is 2.62. The van der Waals surface area contributed by atoms with Crippen molar-refractivity contribution in [3.8, 4) is 0 Å². The van der Waals surface area contributed by atoms with Gasteiger partial charge in [-0.05, 0) is 10.8 Å².